The smallest absolute Gasteiger partial charge is 0.243 e. The number of carbonyl (C=O) groups excluding carboxylic acids is 9. The van der Waals surface area contributed by atoms with Crippen LogP contribution in [0.2, 0.25) is 0 Å². The number of nitrogens with one attached hydrogen (secondary N) is 9. The van der Waals surface area contributed by atoms with Gasteiger partial charge in [0.05, 0.1) is 12.4 Å². The number of nitrogens with two attached hydrogens (primary N) is 3. The fraction of sp³-hybridized carbons (Fsp3) is 0.565. The van der Waals surface area contributed by atoms with Crippen molar-refractivity contribution < 1.29 is 43.2 Å². The first kappa shape index (κ1) is 55.5. The van der Waals surface area contributed by atoms with Gasteiger partial charge in [0.2, 0.25) is 53.2 Å². The number of primary amides is 2. The van der Waals surface area contributed by atoms with Crippen LogP contribution in [0.1, 0.15) is 98.8 Å². The van der Waals surface area contributed by atoms with Crippen LogP contribution < -0.4 is 54.4 Å². The van der Waals surface area contributed by atoms with Gasteiger partial charge in [-0.3, -0.25) is 43.2 Å². The second-order valence-electron chi connectivity index (χ2n) is 18.6. The third-order valence-electron chi connectivity index (χ3n) is 11.6. The first-order valence-electron chi connectivity index (χ1n) is 22.8. The van der Waals surface area contributed by atoms with Crippen LogP contribution in [0.15, 0.2) is 43.0 Å². The van der Waals surface area contributed by atoms with E-state index in [1.54, 1.807) is 40.8 Å². The molecule has 2 unspecified atom stereocenters. The van der Waals surface area contributed by atoms with Crippen molar-refractivity contribution in [3.05, 3.63) is 54.2 Å². The number of H-pyrrole nitrogens is 2. The van der Waals surface area contributed by atoms with Crippen molar-refractivity contribution in [3.8, 4) is 0 Å². The second kappa shape index (κ2) is 25.9. The molecule has 0 saturated heterocycles. The topological polar surface area (TPSA) is 360 Å². The second-order valence-corrected chi connectivity index (χ2v) is 18.6. The van der Waals surface area contributed by atoms with Gasteiger partial charge in [-0.2, -0.15) is 0 Å². The molecule has 0 aliphatic rings. The van der Waals surface area contributed by atoms with Crippen molar-refractivity contribution >= 4 is 64.1 Å². The number of imidazole rings is 1. The van der Waals surface area contributed by atoms with Crippen LogP contribution in [0, 0.1) is 17.3 Å². The molecule has 2 aromatic heterocycles. The van der Waals surface area contributed by atoms with Crippen molar-refractivity contribution in [2.24, 2.45) is 34.5 Å². The molecular formula is C46H71N13O9. The lowest BCUT2D eigenvalue weighted by Gasteiger charge is -2.31. The van der Waals surface area contributed by atoms with Crippen LogP contribution in [0.3, 0.4) is 0 Å². The number of fused-ring (bicyclic) bond motifs is 1. The van der Waals surface area contributed by atoms with Crippen molar-refractivity contribution in [1.82, 2.24) is 52.2 Å². The van der Waals surface area contributed by atoms with Crippen molar-refractivity contribution in [3.63, 3.8) is 0 Å². The Balaban J connectivity index is 1.64. The average Bonchev–Trinajstić information content (AvgIpc) is 3.94. The highest BCUT2D eigenvalue weighted by Gasteiger charge is 2.34. The van der Waals surface area contributed by atoms with Gasteiger partial charge in [0.25, 0.3) is 0 Å². The van der Waals surface area contributed by atoms with Crippen molar-refractivity contribution in [2.75, 3.05) is 6.54 Å². The maximum Gasteiger partial charge on any atom is 0.243 e. The largest absolute Gasteiger partial charge is 0.370 e. The number of hydrogen-bond donors (Lipinski definition) is 12. The molecule has 1 aromatic carbocycles. The van der Waals surface area contributed by atoms with E-state index in [0.717, 1.165) is 10.9 Å². The van der Waals surface area contributed by atoms with Gasteiger partial charge in [-0.15, -0.1) is 0 Å². The molecule has 0 aliphatic carbocycles. The molecule has 15 N–H and O–H groups in total. The molecule has 8 atom stereocenters. The molecule has 3 rings (SSSR count). The van der Waals surface area contributed by atoms with E-state index < -0.39 is 107 Å². The van der Waals surface area contributed by atoms with E-state index in [1.807, 2.05) is 38.1 Å². The van der Waals surface area contributed by atoms with Gasteiger partial charge in [0.1, 0.15) is 30.2 Å². The summed E-state index contributed by atoms with van der Waals surface area (Å²) < 4.78 is 0. The molecule has 2 heterocycles. The molecule has 0 bridgehead atoms. The highest BCUT2D eigenvalue weighted by atomic mass is 16.2. The molecule has 22 nitrogen and oxygen atoms in total. The number of amides is 9. The Bertz CT molecular complexity index is 2220. The van der Waals surface area contributed by atoms with Gasteiger partial charge in [-0.05, 0) is 42.2 Å². The summed E-state index contributed by atoms with van der Waals surface area (Å²) >= 11 is 0. The number of hydrogen-bond acceptors (Lipinski definition) is 11. The lowest BCUT2D eigenvalue weighted by Crippen LogP contribution is -2.58. The SMILES string of the molecule is CC[C@H](C)C(CC(=O)NC(C(N)=O)C(C)(C)C)NC(=O)[C@H](Cc1cnc[nH]1)NC(=O)CCNC(=O)[C@@H](NC(=O)[C@H](C)NC(=O)[C@H](Cc1c[nH]c2ccccc12)NC(=O)[C@@H](N)CCC(N)=O)C(C)C. The van der Waals surface area contributed by atoms with Crippen LogP contribution >= 0.6 is 0 Å². The summed E-state index contributed by atoms with van der Waals surface area (Å²) in [6, 6.07) is 0.0267. The van der Waals surface area contributed by atoms with E-state index in [9.17, 15) is 43.2 Å². The Morgan fingerprint density at radius 1 is 0.735 bits per heavy atom. The molecule has 22 heteroatoms. The van der Waals surface area contributed by atoms with Crippen molar-refractivity contribution in [2.45, 2.75) is 143 Å². The highest BCUT2D eigenvalue weighted by molar-refractivity contribution is 5.96. The molecule has 0 spiro atoms. The van der Waals surface area contributed by atoms with Gasteiger partial charge in [-0.1, -0.05) is 73.1 Å². The van der Waals surface area contributed by atoms with Crippen LogP contribution in [-0.2, 0) is 56.0 Å². The molecule has 0 fully saturated rings. The van der Waals surface area contributed by atoms with Crippen LogP contribution in [0.4, 0.5) is 0 Å². The Morgan fingerprint density at radius 3 is 2.00 bits per heavy atom. The van der Waals surface area contributed by atoms with E-state index >= 15 is 0 Å². The zero-order valence-corrected chi connectivity index (χ0v) is 40.2. The van der Waals surface area contributed by atoms with E-state index in [2.05, 4.69) is 52.2 Å². The molecule has 0 saturated carbocycles. The first-order chi connectivity index (χ1) is 31.9. The van der Waals surface area contributed by atoms with Gasteiger partial charge >= 0.3 is 0 Å². The van der Waals surface area contributed by atoms with Crippen molar-refractivity contribution in [1.29, 1.82) is 0 Å². The number of benzene rings is 1. The minimum absolute atomic E-state index is 0.0207. The predicted molar refractivity (Wildman–Crippen MR) is 253 cm³/mol. The van der Waals surface area contributed by atoms with Gasteiger partial charge in [0.15, 0.2) is 0 Å². The Morgan fingerprint density at radius 2 is 1.40 bits per heavy atom. The minimum atomic E-state index is -1.19. The van der Waals surface area contributed by atoms with Crippen LogP contribution in [0.5, 0.6) is 0 Å². The molecule has 3 aromatic rings. The monoisotopic (exact) mass is 950 g/mol. The molecule has 374 valence electrons. The molecule has 0 aliphatic heterocycles. The Kier molecular flexibility index (Phi) is 21.1. The van der Waals surface area contributed by atoms with Gasteiger partial charge in [0, 0.05) is 73.7 Å². The maximum absolute atomic E-state index is 13.8. The summed E-state index contributed by atoms with van der Waals surface area (Å²) in [4.78, 5) is 127. The third-order valence-corrected chi connectivity index (χ3v) is 11.6. The predicted octanol–water partition coefficient (Wildman–Crippen LogP) is -0.672. The first-order valence-corrected chi connectivity index (χ1v) is 22.8. The summed E-state index contributed by atoms with van der Waals surface area (Å²) in [5.41, 5.74) is 18.2. The zero-order valence-electron chi connectivity index (χ0n) is 40.2. The van der Waals surface area contributed by atoms with Gasteiger partial charge < -0.3 is 64.4 Å². The van der Waals surface area contributed by atoms with E-state index in [0.29, 0.717) is 17.7 Å². The lowest BCUT2D eigenvalue weighted by molar-refractivity contribution is -0.134. The minimum Gasteiger partial charge on any atom is -0.370 e. The van der Waals surface area contributed by atoms with E-state index in [1.165, 1.54) is 19.4 Å². The number of nitrogens with zero attached hydrogens (tertiary/aromatic N) is 1. The van der Waals surface area contributed by atoms with E-state index in [-0.39, 0.29) is 51.0 Å². The van der Waals surface area contributed by atoms with E-state index in [4.69, 9.17) is 17.2 Å². The quantitative estimate of drug-likeness (QED) is 0.0455. The standard InChI is InChI=1S/C46H71N13O9/c1-9-25(4)32(20-37(62)58-39(40(49)63)46(6,7)8)56-44(67)34(19-28-22-50-23-53-28)55-36(61)16-17-51-45(68)38(24(2)3)59-41(64)26(5)54-43(66)33(57-42(65)30(47)14-15-35(48)60)18-27-21-52-31-13-11-10-12-29(27)31/h10-13,21-26,30,32-34,38-39,52H,9,14-20,47H2,1-8H3,(H2,48,60)(H2,49,63)(H,50,53)(H,51,68)(H,54,66)(H,55,61)(H,56,67)(H,57,65)(H,58,62)(H,59,64)/t25-,26-,30-,32?,33-,34-,38-,39?/m0/s1. The molecule has 68 heavy (non-hydrogen) atoms. The number of carbonyl (C=O) groups is 9. The van der Waals surface area contributed by atoms with Crippen LogP contribution in [0.25, 0.3) is 10.9 Å². The summed E-state index contributed by atoms with van der Waals surface area (Å²) in [7, 11) is 0. The highest BCUT2D eigenvalue weighted by Crippen LogP contribution is 2.21. The zero-order chi connectivity index (χ0) is 50.9. The third kappa shape index (κ3) is 17.4. The summed E-state index contributed by atoms with van der Waals surface area (Å²) in [5.74, 6) is -6.31. The number of para-hydroxylation sites is 1. The Hall–Kier alpha value is -6.84. The maximum atomic E-state index is 13.8. The number of rotatable bonds is 27. The fourth-order valence-electron chi connectivity index (χ4n) is 7.23. The summed E-state index contributed by atoms with van der Waals surface area (Å²) in [6.07, 6.45) is 4.69. The van der Waals surface area contributed by atoms with Crippen LogP contribution in [-0.4, -0.2) is 117 Å². The fourth-order valence-corrected chi connectivity index (χ4v) is 7.23. The number of aromatic amines is 2. The molecule has 0 radical (unpaired) electrons. The molecule has 9 amide bonds. The summed E-state index contributed by atoms with van der Waals surface area (Å²) in [6.45, 7) is 13.7. The Labute approximate surface area is 396 Å². The normalized spacial score (nSPS) is 15.0. The number of aromatic nitrogens is 3. The van der Waals surface area contributed by atoms with Gasteiger partial charge in [-0.25, -0.2) is 4.98 Å². The lowest BCUT2D eigenvalue weighted by atomic mass is 9.86. The molecular weight excluding hydrogens is 879 g/mol. The summed E-state index contributed by atoms with van der Waals surface area (Å²) in [5, 5.41) is 19.7. The average molecular weight is 950 g/mol.